The normalized spacial score (nSPS) is 15.0. The molecule has 0 aliphatic carbocycles. The van der Waals surface area contributed by atoms with Crippen LogP contribution in [0.2, 0.25) is 0 Å². The van der Waals surface area contributed by atoms with E-state index in [1.165, 1.54) is 25.5 Å². The van der Waals surface area contributed by atoms with Crippen LogP contribution in [-0.2, 0) is 19.1 Å². The van der Waals surface area contributed by atoms with E-state index in [-0.39, 0.29) is 12.8 Å². The number of aromatic nitrogens is 1. The molecule has 0 fully saturated rings. The van der Waals surface area contributed by atoms with Gasteiger partial charge in [0.1, 0.15) is 18.2 Å². The first-order valence-electron chi connectivity index (χ1n) is 10.1. The lowest BCUT2D eigenvalue weighted by Gasteiger charge is -2.22. The highest BCUT2D eigenvalue weighted by molar-refractivity contribution is 5.97. The van der Waals surface area contributed by atoms with Gasteiger partial charge in [0, 0.05) is 34.8 Å². The highest BCUT2D eigenvalue weighted by atomic mass is 16.5. The van der Waals surface area contributed by atoms with Crippen LogP contribution in [0.3, 0.4) is 0 Å². The number of amides is 1. The number of methoxy groups -OCH3 is 2. The fourth-order valence-electron chi connectivity index (χ4n) is 3.15. The third-order valence-electron chi connectivity index (χ3n) is 4.95. The molecule has 10 heteroatoms. The second-order valence-electron chi connectivity index (χ2n) is 7.26. The smallest absolute Gasteiger partial charge is 0.328 e. The number of aliphatic imine (C=N–C) groups is 1. The quantitative estimate of drug-likeness (QED) is 0.447. The maximum atomic E-state index is 12.5. The number of H-pyrrole nitrogens is 1. The summed E-state index contributed by atoms with van der Waals surface area (Å²) in [7, 11) is 2.45. The van der Waals surface area contributed by atoms with Gasteiger partial charge < -0.3 is 24.9 Å². The molecule has 2 heterocycles. The minimum Gasteiger partial charge on any atom is -0.469 e. The molecule has 1 aromatic heterocycles. The van der Waals surface area contributed by atoms with Gasteiger partial charge in [0.15, 0.2) is 6.23 Å². The second kappa shape index (κ2) is 10.5. The Morgan fingerprint density at radius 3 is 2.64 bits per heavy atom. The average molecular weight is 452 g/mol. The number of fused-ring (bicyclic) bond motifs is 1. The van der Waals surface area contributed by atoms with Crippen molar-refractivity contribution in [2.24, 2.45) is 4.99 Å². The Balaban J connectivity index is 1.64. The monoisotopic (exact) mass is 452 g/mol. The Labute approximate surface area is 190 Å². The van der Waals surface area contributed by atoms with Crippen molar-refractivity contribution in [3.8, 4) is 12.0 Å². The number of esters is 2. The number of carbonyl (C=O) groups excluding carboxylic acids is 3. The summed E-state index contributed by atoms with van der Waals surface area (Å²) in [5, 5.41) is 13.0. The van der Waals surface area contributed by atoms with Crippen molar-refractivity contribution in [1.82, 2.24) is 15.2 Å². The number of benzene rings is 1. The summed E-state index contributed by atoms with van der Waals surface area (Å²) in [5.41, 5.74) is 2.45. The number of nitrogens with zero attached hydrogens (tertiary/aromatic N) is 2. The topological polar surface area (TPSA) is 133 Å². The number of aliphatic hydroxyl groups is 1. The van der Waals surface area contributed by atoms with Gasteiger partial charge in [-0.25, -0.2) is 9.79 Å². The highest BCUT2D eigenvalue weighted by Crippen LogP contribution is 2.30. The first-order valence-corrected chi connectivity index (χ1v) is 10.1. The molecule has 0 radical (unpaired) electrons. The molecule has 0 spiro atoms. The summed E-state index contributed by atoms with van der Waals surface area (Å²) in [6.45, 7) is 1.88. The minimum atomic E-state index is -0.983. The van der Waals surface area contributed by atoms with E-state index >= 15 is 0 Å². The van der Waals surface area contributed by atoms with E-state index in [0.717, 1.165) is 5.69 Å². The van der Waals surface area contributed by atoms with Crippen molar-refractivity contribution < 1.29 is 29.0 Å². The average Bonchev–Trinajstić information content (AvgIpc) is 3.21. The van der Waals surface area contributed by atoms with Gasteiger partial charge in [0.2, 0.25) is 0 Å². The molecule has 2 atom stereocenters. The molecule has 1 aliphatic heterocycles. The number of hydrogen-bond acceptors (Lipinski definition) is 8. The molecule has 172 valence electrons. The maximum absolute atomic E-state index is 12.5. The van der Waals surface area contributed by atoms with Crippen molar-refractivity contribution in [3.05, 3.63) is 52.7 Å². The zero-order valence-corrected chi connectivity index (χ0v) is 18.4. The Hall–Kier alpha value is -4.10. The fourth-order valence-corrected chi connectivity index (χ4v) is 3.15. The zero-order chi connectivity index (χ0) is 24.0. The Morgan fingerprint density at radius 1 is 1.24 bits per heavy atom. The summed E-state index contributed by atoms with van der Waals surface area (Å²) < 4.78 is 9.26. The van der Waals surface area contributed by atoms with Crippen molar-refractivity contribution in [2.45, 2.75) is 32.0 Å². The van der Waals surface area contributed by atoms with Gasteiger partial charge in [-0.3, -0.25) is 14.5 Å². The number of carbonyl (C=O) groups is 3. The zero-order valence-electron chi connectivity index (χ0n) is 18.4. The predicted octanol–water partition coefficient (Wildman–Crippen LogP) is 1.52. The first kappa shape index (κ1) is 23.6. The van der Waals surface area contributed by atoms with Crippen LogP contribution in [0, 0.1) is 18.9 Å². The van der Waals surface area contributed by atoms with E-state index in [2.05, 4.69) is 32.0 Å². The molecule has 1 aliphatic rings. The Bertz CT molecular complexity index is 1130. The van der Waals surface area contributed by atoms with E-state index in [0.29, 0.717) is 22.5 Å². The number of aromatic amines is 1. The van der Waals surface area contributed by atoms with Crippen LogP contribution in [0.25, 0.3) is 0 Å². The lowest BCUT2D eigenvalue weighted by atomic mass is 10.1. The van der Waals surface area contributed by atoms with Gasteiger partial charge in [-0.05, 0) is 49.6 Å². The molecule has 3 N–H and O–H groups in total. The third kappa shape index (κ3) is 5.78. The van der Waals surface area contributed by atoms with Crippen molar-refractivity contribution >= 4 is 30.0 Å². The summed E-state index contributed by atoms with van der Waals surface area (Å²) in [5.74, 6) is 1.87. The van der Waals surface area contributed by atoms with Gasteiger partial charge in [0.25, 0.3) is 5.91 Å². The van der Waals surface area contributed by atoms with Gasteiger partial charge in [-0.2, -0.15) is 0 Å². The molecule has 0 bridgehead atoms. The molecular formula is C23H24N4O6. The first-order chi connectivity index (χ1) is 15.8. The predicted molar refractivity (Wildman–Crippen MR) is 118 cm³/mol. The minimum absolute atomic E-state index is 0.0411. The molecule has 1 unspecified atom stereocenters. The van der Waals surface area contributed by atoms with Crippen molar-refractivity contribution in [3.63, 3.8) is 0 Å². The number of aliphatic hydroxyl groups excluding tert-OH is 1. The van der Waals surface area contributed by atoms with Crippen LogP contribution >= 0.6 is 0 Å². The number of rotatable bonds is 6. The maximum Gasteiger partial charge on any atom is 0.328 e. The second-order valence-corrected chi connectivity index (χ2v) is 7.26. The highest BCUT2D eigenvalue weighted by Gasteiger charge is 2.24. The fraction of sp³-hybridized carbons (Fsp3) is 0.304. The van der Waals surface area contributed by atoms with E-state index < -0.39 is 30.1 Å². The molecular weight excluding hydrogens is 428 g/mol. The molecule has 33 heavy (non-hydrogen) atoms. The van der Waals surface area contributed by atoms with E-state index in [4.69, 9.17) is 4.74 Å². The van der Waals surface area contributed by atoms with Gasteiger partial charge >= 0.3 is 11.9 Å². The number of aryl methyl sites for hydroxylation is 1. The molecule has 3 rings (SSSR count). The molecule has 2 aromatic rings. The summed E-state index contributed by atoms with van der Waals surface area (Å²) in [6, 6.07) is 10.1. The van der Waals surface area contributed by atoms with E-state index in [1.807, 2.05) is 13.0 Å². The lowest BCUT2D eigenvalue weighted by Crippen LogP contribution is -2.41. The van der Waals surface area contributed by atoms with Crippen molar-refractivity contribution in [1.29, 1.82) is 0 Å². The molecule has 1 aromatic carbocycles. The van der Waals surface area contributed by atoms with Crippen LogP contribution in [0.15, 0.2) is 35.3 Å². The lowest BCUT2D eigenvalue weighted by molar-refractivity contribution is -0.144. The van der Waals surface area contributed by atoms with E-state index in [1.54, 1.807) is 24.3 Å². The summed E-state index contributed by atoms with van der Waals surface area (Å²) in [6.07, 6.45) is 0.510. The summed E-state index contributed by atoms with van der Waals surface area (Å²) in [4.78, 5) is 44.5. The molecule has 0 saturated heterocycles. The standard InChI is InChI=1S/C23H24N4O6/c1-14-12-17-20(25-14)24-13-27(22(17)30)11-10-15-4-6-16(7-5-15)21(29)26-18(23(31)33-3)8-9-19(28)32-2/h4-7,12-13,18,22,25,30H,8-9H2,1-3H3,(H,26,29)/t18-,22?/m1/s1. The molecule has 0 saturated carbocycles. The van der Waals surface area contributed by atoms with Crippen LogP contribution in [0.1, 0.15) is 46.2 Å². The van der Waals surface area contributed by atoms with Gasteiger partial charge in [-0.1, -0.05) is 0 Å². The SMILES string of the molecule is COC(=O)CC[C@@H](NC(=O)c1ccc(C#CN2C=Nc3[nH]c(C)cc3C2O)cc1)C(=O)OC. The van der Waals surface area contributed by atoms with Crippen LogP contribution in [-0.4, -0.2) is 59.4 Å². The Kier molecular flexibility index (Phi) is 7.48. The third-order valence-corrected chi connectivity index (χ3v) is 4.95. The van der Waals surface area contributed by atoms with Crippen LogP contribution < -0.4 is 5.32 Å². The largest absolute Gasteiger partial charge is 0.469 e. The van der Waals surface area contributed by atoms with Crippen LogP contribution in [0.4, 0.5) is 5.82 Å². The number of hydrogen-bond donors (Lipinski definition) is 3. The van der Waals surface area contributed by atoms with Crippen molar-refractivity contribution in [2.75, 3.05) is 14.2 Å². The van der Waals surface area contributed by atoms with Gasteiger partial charge in [0.05, 0.1) is 14.2 Å². The molecule has 1 amide bonds. The number of nitrogens with one attached hydrogen (secondary N) is 2. The Morgan fingerprint density at radius 2 is 1.97 bits per heavy atom. The number of ether oxygens (including phenoxy) is 2. The van der Waals surface area contributed by atoms with Crippen LogP contribution in [0.5, 0.6) is 0 Å². The van der Waals surface area contributed by atoms with E-state index in [9.17, 15) is 19.5 Å². The summed E-state index contributed by atoms with van der Waals surface area (Å²) >= 11 is 0. The van der Waals surface area contributed by atoms with Gasteiger partial charge in [-0.15, -0.1) is 0 Å². The molecule has 10 nitrogen and oxygen atoms in total.